The van der Waals surface area contributed by atoms with Gasteiger partial charge in [0.1, 0.15) is 18.1 Å². The van der Waals surface area contributed by atoms with Gasteiger partial charge in [0.25, 0.3) is 5.69 Å². The number of ether oxygens (including phenoxy) is 3. The van der Waals surface area contributed by atoms with E-state index in [4.69, 9.17) is 14.2 Å². The number of aromatic nitrogens is 1. The Morgan fingerprint density at radius 1 is 1.16 bits per heavy atom. The fraction of sp³-hybridized carbons (Fsp3) is 0.160. The zero-order valence-corrected chi connectivity index (χ0v) is 21.5. The molecule has 4 aromatic rings. The molecule has 0 fully saturated rings. The summed E-state index contributed by atoms with van der Waals surface area (Å²) in [5.41, 5.74) is 4.18. The van der Waals surface area contributed by atoms with Gasteiger partial charge in [0, 0.05) is 11.6 Å². The molecule has 3 aromatic carbocycles. The van der Waals surface area contributed by atoms with Crippen LogP contribution in [0.15, 0.2) is 75.0 Å². The highest BCUT2D eigenvalue weighted by atomic mass is 32.2. The molecular formula is C25H22N4O6S2. The van der Waals surface area contributed by atoms with Gasteiger partial charge in [-0.3, -0.25) is 10.1 Å². The molecule has 0 unspecified atom stereocenters. The highest BCUT2D eigenvalue weighted by Gasteiger charge is 2.17. The van der Waals surface area contributed by atoms with Crippen LogP contribution in [0.2, 0.25) is 0 Å². The zero-order chi connectivity index (χ0) is 26.2. The van der Waals surface area contributed by atoms with Gasteiger partial charge in [-0.25, -0.2) is 15.2 Å². The highest BCUT2D eigenvalue weighted by Crippen LogP contribution is 2.39. The summed E-state index contributed by atoms with van der Waals surface area (Å²) in [5.74, 6) is 1.45. The van der Waals surface area contributed by atoms with E-state index in [2.05, 4.69) is 15.5 Å². The zero-order valence-electron chi connectivity index (χ0n) is 19.9. The second kappa shape index (κ2) is 12.2. The quantitative estimate of drug-likeness (QED) is 0.148. The summed E-state index contributed by atoms with van der Waals surface area (Å²) in [7, 11) is 1.57. The second-order valence-electron chi connectivity index (χ2n) is 7.42. The Hall–Kier alpha value is -4.16. The van der Waals surface area contributed by atoms with Crippen LogP contribution in [-0.2, 0) is 11.3 Å². The molecule has 0 radical (unpaired) electrons. The summed E-state index contributed by atoms with van der Waals surface area (Å²) in [4.78, 5) is 28.1. The Morgan fingerprint density at radius 2 is 1.95 bits per heavy atom. The summed E-state index contributed by atoms with van der Waals surface area (Å²) >= 11 is 2.65. The molecule has 0 saturated heterocycles. The van der Waals surface area contributed by atoms with Crippen LogP contribution in [0.5, 0.6) is 11.5 Å². The van der Waals surface area contributed by atoms with Crippen molar-refractivity contribution in [3.63, 3.8) is 0 Å². The Labute approximate surface area is 220 Å². The number of amides is 1. The van der Waals surface area contributed by atoms with Crippen molar-refractivity contribution in [3.05, 3.63) is 81.9 Å². The number of carbonyl (C=O) groups is 1. The minimum atomic E-state index is -0.753. The number of nitrogens with one attached hydrogen (secondary N) is 1. The number of carbonyl (C=O) groups excluding carboxylic acids is 1. The Morgan fingerprint density at radius 3 is 2.68 bits per heavy atom. The van der Waals surface area contributed by atoms with Gasteiger partial charge in [0.05, 0.1) is 40.0 Å². The van der Waals surface area contributed by atoms with Gasteiger partial charge in [-0.05, 0) is 48.9 Å². The van der Waals surface area contributed by atoms with Gasteiger partial charge < -0.3 is 14.2 Å². The van der Waals surface area contributed by atoms with Crippen molar-refractivity contribution in [1.82, 2.24) is 10.4 Å². The van der Waals surface area contributed by atoms with E-state index in [9.17, 15) is 14.9 Å². The molecule has 1 aromatic heterocycles. The average Bonchev–Trinajstić information content (AvgIpc) is 3.30. The van der Waals surface area contributed by atoms with Crippen LogP contribution in [0.25, 0.3) is 10.2 Å². The standard InChI is InChI=1S/C25H22N4O6S2/c1-3-34-19-9-10-20-23(13-19)37-25(27-20)36-22-11-6-17(12-21(22)29(31)32)14-26-28-24(30)35-15-16-4-7-18(33-2)8-5-16/h4-14H,3,15H2,1-2H3,(H,28,30)/b26-14-. The molecule has 10 nitrogen and oxygen atoms in total. The van der Waals surface area contributed by atoms with E-state index in [-0.39, 0.29) is 12.3 Å². The number of thiazole rings is 1. The summed E-state index contributed by atoms with van der Waals surface area (Å²) in [5, 5.41) is 15.5. The van der Waals surface area contributed by atoms with E-state index in [1.165, 1.54) is 35.4 Å². The van der Waals surface area contributed by atoms with E-state index in [1.807, 2.05) is 25.1 Å². The fourth-order valence-corrected chi connectivity index (χ4v) is 5.32. The SMILES string of the molecule is CCOc1ccc2nc(Sc3ccc(/C=N\NC(=O)OCc4ccc(OC)cc4)cc3[N+](=O)[O-])sc2c1. The van der Waals surface area contributed by atoms with Crippen LogP contribution in [0.4, 0.5) is 10.5 Å². The van der Waals surface area contributed by atoms with E-state index in [0.717, 1.165) is 21.5 Å². The molecule has 0 bridgehead atoms. The molecule has 190 valence electrons. The number of hydrogen-bond donors (Lipinski definition) is 1. The molecule has 0 aliphatic carbocycles. The predicted molar refractivity (Wildman–Crippen MR) is 142 cm³/mol. The molecular weight excluding hydrogens is 516 g/mol. The van der Waals surface area contributed by atoms with Crippen LogP contribution in [0.1, 0.15) is 18.1 Å². The predicted octanol–water partition coefficient (Wildman–Crippen LogP) is 6.02. The summed E-state index contributed by atoms with van der Waals surface area (Å²) in [6.07, 6.45) is 0.556. The monoisotopic (exact) mass is 538 g/mol. The van der Waals surface area contributed by atoms with Crippen LogP contribution < -0.4 is 14.9 Å². The van der Waals surface area contributed by atoms with Crippen LogP contribution >= 0.6 is 23.1 Å². The van der Waals surface area contributed by atoms with Crippen molar-refractivity contribution >= 4 is 51.3 Å². The topological polar surface area (TPSA) is 125 Å². The lowest BCUT2D eigenvalue weighted by Crippen LogP contribution is -2.18. The fourth-order valence-electron chi connectivity index (χ4n) is 3.18. The smallest absolute Gasteiger partial charge is 0.428 e. The highest BCUT2D eigenvalue weighted by molar-refractivity contribution is 8.01. The molecule has 1 heterocycles. The number of rotatable bonds is 10. The number of methoxy groups -OCH3 is 1. The third-order valence-electron chi connectivity index (χ3n) is 4.93. The van der Waals surface area contributed by atoms with E-state index < -0.39 is 11.0 Å². The van der Waals surface area contributed by atoms with E-state index >= 15 is 0 Å². The minimum Gasteiger partial charge on any atom is -0.497 e. The molecule has 0 atom stereocenters. The molecule has 1 amide bonds. The first-order valence-electron chi connectivity index (χ1n) is 11.0. The summed E-state index contributed by atoms with van der Waals surface area (Å²) in [6.45, 7) is 2.53. The van der Waals surface area contributed by atoms with Crippen LogP contribution in [0, 0.1) is 10.1 Å². The van der Waals surface area contributed by atoms with Crippen molar-refractivity contribution in [3.8, 4) is 11.5 Å². The van der Waals surface area contributed by atoms with Crippen LogP contribution in [0.3, 0.4) is 0 Å². The van der Waals surface area contributed by atoms with Crippen LogP contribution in [-0.4, -0.2) is 35.9 Å². The van der Waals surface area contributed by atoms with Crippen molar-refractivity contribution in [2.24, 2.45) is 5.10 Å². The number of nitro groups is 1. The maximum absolute atomic E-state index is 11.9. The van der Waals surface area contributed by atoms with Gasteiger partial charge in [-0.2, -0.15) is 5.10 Å². The molecule has 1 N–H and O–H groups in total. The first-order chi connectivity index (χ1) is 17.9. The average molecular weight is 539 g/mol. The van der Waals surface area contributed by atoms with Gasteiger partial charge in [0.15, 0.2) is 4.34 Å². The first kappa shape index (κ1) is 25.9. The largest absolute Gasteiger partial charge is 0.497 e. The molecule has 0 spiro atoms. The maximum atomic E-state index is 11.9. The lowest BCUT2D eigenvalue weighted by atomic mass is 10.2. The van der Waals surface area contributed by atoms with E-state index in [0.29, 0.717) is 27.2 Å². The molecule has 4 rings (SSSR count). The Bertz CT molecular complexity index is 1440. The lowest BCUT2D eigenvalue weighted by Gasteiger charge is -2.05. The van der Waals surface area contributed by atoms with Crippen molar-refractivity contribution in [2.75, 3.05) is 13.7 Å². The van der Waals surface area contributed by atoms with Crippen molar-refractivity contribution < 1.29 is 23.9 Å². The Balaban J connectivity index is 1.38. The molecule has 0 aliphatic heterocycles. The molecule has 0 aliphatic rings. The van der Waals surface area contributed by atoms with Gasteiger partial charge in [0.2, 0.25) is 0 Å². The second-order valence-corrected chi connectivity index (χ2v) is 9.74. The normalized spacial score (nSPS) is 11.0. The molecule has 12 heteroatoms. The first-order valence-corrected chi connectivity index (χ1v) is 12.7. The molecule has 0 saturated carbocycles. The minimum absolute atomic E-state index is 0.0570. The van der Waals surface area contributed by atoms with Gasteiger partial charge in [-0.15, -0.1) is 11.3 Å². The van der Waals surface area contributed by atoms with Gasteiger partial charge in [-0.1, -0.05) is 30.0 Å². The van der Waals surface area contributed by atoms with E-state index in [1.54, 1.807) is 43.5 Å². The summed E-state index contributed by atoms with van der Waals surface area (Å²) in [6, 6.07) is 17.4. The number of hydrazone groups is 1. The number of hydrogen-bond acceptors (Lipinski definition) is 10. The Kier molecular flexibility index (Phi) is 8.54. The maximum Gasteiger partial charge on any atom is 0.428 e. The third kappa shape index (κ3) is 6.96. The number of nitro benzene ring substituents is 1. The number of nitrogens with zero attached hydrogens (tertiary/aromatic N) is 3. The number of benzene rings is 3. The third-order valence-corrected chi connectivity index (χ3v) is 7.07. The lowest BCUT2D eigenvalue weighted by molar-refractivity contribution is -0.387. The van der Waals surface area contributed by atoms with Crippen molar-refractivity contribution in [2.45, 2.75) is 22.8 Å². The number of fused-ring (bicyclic) bond motifs is 1. The molecule has 37 heavy (non-hydrogen) atoms. The summed E-state index contributed by atoms with van der Waals surface area (Å²) < 4.78 is 17.3. The van der Waals surface area contributed by atoms with Gasteiger partial charge >= 0.3 is 6.09 Å². The van der Waals surface area contributed by atoms with Crippen molar-refractivity contribution in [1.29, 1.82) is 0 Å².